The highest BCUT2D eigenvalue weighted by atomic mass is 16.2. The Morgan fingerprint density at radius 1 is 0.893 bits per heavy atom. The molecule has 2 aromatic rings. The third-order valence-electron chi connectivity index (χ3n) is 5.53. The minimum absolute atomic E-state index is 0.0181. The topological polar surface area (TPSA) is 49.4 Å². The number of carbonyl (C=O) groups excluding carboxylic acids is 2. The summed E-state index contributed by atoms with van der Waals surface area (Å²) in [7, 11) is 0. The van der Waals surface area contributed by atoms with Crippen LogP contribution in [0.15, 0.2) is 42.5 Å². The highest BCUT2D eigenvalue weighted by Crippen LogP contribution is 2.14. The number of likely N-dealkylation sites (tertiary alicyclic amines) is 1. The van der Waals surface area contributed by atoms with E-state index in [0.717, 1.165) is 17.7 Å². The Bertz CT molecular complexity index is 821. The number of hydrogen-bond acceptors (Lipinski definition) is 3. The molecule has 4 heteroatoms. The molecule has 0 saturated carbocycles. The lowest BCUT2D eigenvalue weighted by molar-refractivity contribution is -0.121. The van der Waals surface area contributed by atoms with Crippen molar-refractivity contribution in [1.82, 2.24) is 10.2 Å². The van der Waals surface area contributed by atoms with Crippen LogP contribution in [0.1, 0.15) is 58.3 Å². The van der Waals surface area contributed by atoms with Gasteiger partial charge in [-0.25, -0.2) is 0 Å². The molecule has 1 amide bonds. The van der Waals surface area contributed by atoms with E-state index < -0.39 is 0 Å². The first-order valence-electron chi connectivity index (χ1n) is 10.2. The summed E-state index contributed by atoms with van der Waals surface area (Å²) in [4.78, 5) is 26.9. The zero-order valence-electron chi connectivity index (χ0n) is 17.0. The lowest BCUT2D eigenvalue weighted by atomic mass is 10.0. The number of rotatable bonds is 8. The number of nitrogens with zero attached hydrogens (tertiary/aromatic N) is 1. The first-order valence-corrected chi connectivity index (χ1v) is 10.2. The lowest BCUT2D eigenvalue weighted by Crippen LogP contribution is -2.23. The minimum atomic E-state index is -0.0849. The zero-order valence-corrected chi connectivity index (χ0v) is 17.0. The summed E-state index contributed by atoms with van der Waals surface area (Å²) in [5.41, 5.74) is 5.35. The number of benzene rings is 2. The van der Waals surface area contributed by atoms with Gasteiger partial charge in [-0.15, -0.1) is 0 Å². The van der Waals surface area contributed by atoms with Crippen molar-refractivity contribution in [3.63, 3.8) is 0 Å². The maximum atomic E-state index is 12.3. The summed E-state index contributed by atoms with van der Waals surface area (Å²) in [6.07, 6.45) is 3.06. The van der Waals surface area contributed by atoms with Crippen molar-refractivity contribution in [2.75, 3.05) is 13.1 Å². The fourth-order valence-electron chi connectivity index (χ4n) is 3.54. The van der Waals surface area contributed by atoms with Crippen LogP contribution in [0.5, 0.6) is 0 Å². The van der Waals surface area contributed by atoms with Crippen molar-refractivity contribution in [1.29, 1.82) is 0 Å². The van der Waals surface area contributed by atoms with Gasteiger partial charge < -0.3 is 5.32 Å². The van der Waals surface area contributed by atoms with Gasteiger partial charge in [-0.2, -0.15) is 0 Å². The number of nitrogens with one attached hydrogen (secondary N) is 1. The Morgan fingerprint density at radius 2 is 1.57 bits per heavy atom. The molecular formula is C24H30N2O2. The van der Waals surface area contributed by atoms with Crippen molar-refractivity contribution in [2.24, 2.45) is 0 Å². The second-order valence-corrected chi connectivity index (χ2v) is 7.80. The number of hydrogen-bond donors (Lipinski definition) is 1. The smallest absolute Gasteiger partial charge is 0.220 e. The van der Waals surface area contributed by atoms with Crippen LogP contribution < -0.4 is 5.32 Å². The van der Waals surface area contributed by atoms with Crippen LogP contribution in [-0.4, -0.2) is 29.7 Å². The van der Waals surface area contributed by atoms with Gasteiger partial charge in [-0.1, -0.05) is 36.4 Å². The van der Waals surface area contributed by atoms with E-state index in [1.807, 2.05) is 32.0 Å². The largest absolute Gasteiger partial charge is 0.352 e. The zero-order chi connectivity index (χ0) is 19.9. The molecule has 1 fully saturated rings. The Hall–Kier alpha value is -2.46. The van der Waals surface area contributed by atoms with Crippen LogP contribution in [0.4, 0.5) is 0 Å². The van der Waals surface area contributed by atoms with Crippen molar-refractivity contribution in [3.05, 3.63) is 70.3 Å². The van der Waals surface area contributed by atoms with Crippen LogP contribution in [0.2, 0.25) is 0 Å². The van der Waals surface area contributed by atoms with Gasteiger partial charge in [-0.3, -0.25) is 14.5 Å². The van der Waals surface area contributed by atoms with Crippen LogP contribution in [-0.2, 0) is 17.9 Å². The standard InChI is InChI=1S/C24H30N2O2/c1-18-5-10-22(15-19(18)2)23(27)11-12-24(28)25-16-20-6-8-21(9-7-20)17-26-13-3-4-14-26/h5-10,15H,3-4,11-14,16-17H2,1-2H3,(H,25,28). The number of aryl methyl sites for hydroxylation is 2. The van der Waals surface area contributed by atoms with E-state index in [4.69, 9.17) is 0 Å². The molecule has 148 valence electrons. The normalized spacial score (nSPS) is 14.2. The molecule has 0 aliphatic carbocycles. The van der Waals surface area contributed by atoms with E-state index in [9.17, 15) is 9.59 Å². The summed E-state index contributed by atoms with van der Waals surface area (Å²) < 4.78 is 0. The molecule has 1 aliphatic heterocycles. The predicted octanol–water partition coefficient (Wildman–Crippen LogP) is 4.18. The number of ketones is 1. The molecule has 1 N–H and O–H groups in total. The fraction of sp³-hybridized carbons (Fsp3) is 0.417. The SMILES string of the molecule is Cc1ccc(C(=O)CCC(=O)NCc2ccc(CN3CCCC3)cc2)cc1C. The summed E-state index contributed by atoms with van der Waals surface area (Å²) >= 11 is 0. The second kappa shape index (κ2) is 9.65. The molecule has 0 unspecified atom stereocenters. The van der Waals surface area contributed by atoms with E-state index in [-0.39, 0.29) is 24.5 Å². The third-order valence-corrected chi connectivity index (χ3v) is 5.53. The molecule has 2 aromatic carbocycles. The van der Waals surface area contributed by atoms with Gasteiger partial charge in [0.25, 0.3) is 0 Å². The molecule has 1 saturated heterocycles. The molecule has 28 heavy (non-hydrogen) atoms. The third kappa shape index (κ3) is 5.77. The molecule has 0 spiro atoms. The van der Waals surface area contributed by atoms with E-state index in [0.29, 0.717) is 12.1 Å². The summed E-state index contributed by atoms with van der Waals surface area (Å²) in [6, 6.07) is 14.1. The molecule has 1 aliphatic rings. The van der Waals surface area contributed by atoms with Crippen LogP contribution >= 0.6 is 0 Å². The van der Waals surface area contributed by atoms with Crippen LogP contribution in [0.25, 0.3) is 0 Å². The summed E-state index contributed by atoms with van der Waals surface area (Å²) in [5, 5.41) is 2.92. The molecule has 0 aromatic heterocycles. The van der Waals surface area contributed by atoms with Gasteiger partial charge in [0, 0.05) is 31.5 Å². The molecule has 0 atom stereocenters. The van der Waals surface area contributed by atoms with Crippen molar-refractivity contribution in [3.8, 4) is 0 Å². The van der Waals surface area contributed by atoms with Crippen LogP contribution in [0, 0.1) is 13.8 Å². The van der Waals surface area contributed by atoms with E-state index >= 15 is 0 Å². The first-order chi connectivity index (χ1) is 13.5. The minimum Gasteiger partial charge on any atom is -0.352 e. The fourth-order valence-corrected chi connectivity index (χ4v) is 3.54. The molecule has 0 radical (unpaired) electrons. The predicted molar refractivity (Wildman–Crippen MR) is 112 cm³/mol. The number of Topliss-reactive ketones (excluding diaryl/α,β-unsaturated/α-hetero) is 1. The Kier molecular flexibility index (Phi) is 6.99. The van der Waals surface area contributed by atoms with Gasteiger partial charge in [0.15, 0.2) is 5.78 Å². The molecule has 3 rings (SSSR count). The average Bonchev–Trinajstić information content (AvgIpc) is 3.20. The average molecular weight is 379 g/mol. The quantitative estimate of drug-likeness (QED) is 0.701. The maximum absolute atomic E-state index is 12.3. The van der Waals surface area contributed by atoms with Gasteiger partial charge >= 0.3 is 0 Å². The van der Waals surface area contributed by atoms with Gasteiger partial charge in [0.2, 0.25) is 5.91 Å². The summed E-state index contributed by atoms with van der Waals surface area (Å²) in [5.74, 6) is -0.0668. The lowest BCUT2D eigenvalue weighted by Gasteiger charge is -2.14. The molecule has 1 heterocycles. The van der Waals surface area contributed by atoms with Crippen LogP contribution in [0.3, 0.4) is 0 Å². The molecule has 0 bridgehead atoms. The number of amides is 1. The van der Waals surface area contributed by atoms with Crippen molar-refractivity contribution >= 4 is 11.7 Å². The van der Waals surface area contributed by atoms with E-state index in [2.05, 4.69) is 34.5 Å². The van der Waals surface area contributed by atoms with Crippen molar-refractivity contribution in [2.45, 2.75) is 52.6 Å². The summed E-state index contributed by atoms with van der Waals surface area (Å²) in [6.45, 7) is 7.91. The van der Waals surface area contributed by atoms with Crippen molar-refractivity contribution < 1.29 is 9.59 Å². The first kappa shape index (κ1) is 20.3. The Labute approximate surface area is 167 Å². The van der Waals surface area contributed by atoms with Gasteiger partial charge in [0.1, 0.15) is 0 Å². The second-order valence-electron chi connectivity index (χ2n) is 7.80. The Morgan fingerprint density at radius 3 is 2.25 bits per heavy atom. The molecule has 4 nitrogen and oxygen atoms in total. The highest BCUT2D eigenvalue weighted by Gasteiger charge is 2.12. The number of carbonyl (C=O) groups is 2. The van der Waals surface area contributed by atoms with Gasteiger partial charge in [-0.05, 0) is 68.1 Å². The van der Waals surface area contributed by atoms with E-state index in [1.165, 1.54) is 37.1 Å². The van der Waals surface area contributed by atoms with Gasteiger partial charge in [0.05, 0.1) is 0 Å². The Balaban J connectivity index is 1.41. The van der Waals surface area contributed by atoms with E-state index in [1.54, 1.807) is 0 Å². The molecular weight excluding hydrogens is 348 g/mol. The maximum Gasteiger partial charge on any atom is 0.220 e. The monoisotopic (exact) mass is 378 g/mol. The highest BCUT2D eigenvalue weighted by molar-refractivity contribution is 5.98.